The summed E-state index contributed by atoms with van der Waals surface area (Å²) in [7, 11) is 4.02. The van der Waals surface area contributed by atoms with E-state index in [2.05, 4.69) is 20.3 Å². The van der Waals surface area contributed by atoms with Crippen molar-refractivity contribution in [3.8, 4) is 0 Å². The standard InChI is InChI=1S/C19H18ClN5O/c1-24(2)10-9-21-17-13-5-3-4-6-14(13)18-22-16-8-7-12(20)11-15(16)19(26)25(18)23-17/h3-8,11H,9-10H2,1-2H3,(H,21,23). The van der Waals surface area contributed by atoms with Crippen LogP contribution in [0.3, 0.4) is 0 Å². The second-order valence-corrected chi connectivity index (χ2v) is 6.87. The molecule has 132 valence electrons. The molecule has 4 rings (SSSR count). The zero-order valence-corrected chi connectivity index (χ0v) is 15.3. The lowest BCUT2D eigenvalue weighted by atomic mass is 10.1. The Balaban J connectivity index is 2.01. The maximum Gasteiger partial charge on any atom is 0.282 e. The average Bonchev–Trinajstić information content (AvgIpc) is 2.63. The summed E-state index contributed by atoms with van der Waals surface area (Å²) < 4.78 is 1.36. The molecule has 26 heavy (non-hydrogen) atoms. The number of hydrogen-bond acceptors (Lipinski definition) is 5. The van der Waals surface area contributed by atoms with Crippen molar-refractivity contribution in [3.05, 3.63) is 57.8 Å². The molecule has 0 aliphatic carbocycles. The maximum absolute atomic E-state index is 13.0. The summed E-state index contributed by atoms with van der Waals surface area (Å²) in [5.74, 6) is 0.667. The number of benzene rings is 2. The predicted molar refractivity (Wildman–Crippen MR) is 106 cm³/mol. The normalized spacial score (nSPS) is 11.7. The molecule has 0 aliphatic heterocycles. The van der Waals surface area contributed by atoms with E-state index < -0.39 is 0 Å². The lowest BCUT2D eigenvalue weighted by Crippen LogP contribution is -2.23. The quantitative estimate of drug-likeness (QED) is 0.443. The van der Waals surface area contributed by atoms with Crippen LogP contribution in [0, 0.1) is 0 Å². The molecule has 0 atom stereocenters. The van der Waals surface area contributed by atoms with Crippen LogP contribution in [0.5, 0.6) is 0 Å². The van der Waals surface area contributed by atoms with Gasteiger partial charge in [0.05, 0.1) is 10.9 Å². The van der Waals surface area contributed by atoms with Gasteiger partial charge in [-0.2, -0.15) is 4.52 Å². The van der Waals surface area contributed by atoms with E-state index in [4.69, 9.17) is 11.6 Å². The van der Waals surface area contributed by atoms with Crippen LogP contribution < -0.4 is 10.9 Å². The molecule has 0 saturated carbocycles. The summed E-state index contributed by atoms with van der Waals surface area (Å²) in [4.78, 5) is 19.7. The summed E-state index contributed by atoms with van der Waals surface area (Å²) in [6, 6.07) is 13.0. The summed E-state index contributed by atoms with van der Waals surface area (Å²) >= 11 is 6.05. The van der Waals surface area contributed by atoms with Gasteiger partial charge in [-0.3, -0.25) is 4.79 Å². The Bertz CT molecular complexity index is 1190. The minimum atomic E-state index is -0.228. The highest BCUT2D eigenvalue weighted by molar-refractivity contribution is 6.31. The van der Waals surface area contributed by atoms with Gasteiger partial charge in [0, 0.05) is 28.9 Å². The van der Waals surface area contributed by atoms with E-state index in [1.165, 1.54) is 4.52 Å². The molecule has 0 spiro atoms. The first kappa shape index (κ1) is 16.8. The molecule has 0 fully saturated rings. The lowest BCUT2D eigenvalue weighted by Gasteiger charge is -2.14. The van der Waals surface area contributed by atoms with Crippen LogP contribution in [0.4, 0.5) is 5.82 Å². The fourth-order valence-electron chi connectivity index (χ4n) is 2.98. The number of nitrogens with zero attached hydrogens (tertiary/aromatic N) is 4. The van der Waals surface area contributed by atoms with Gasteiger partial charge in [-0.25, -0.2) is 4.98 Å². The number of nitrogens with one attached hydrogen (secondary N) is 1. The fourth-order valence-corrected chi connectivity index (χ4v) is 3.15. The maximum atomic E-state index is 13.0. The van der Waals surface area contributed by atoms with Gasteiger partial charge in [0.1, 0.15) is 0 Å². The van der Waals surface area contributed by atoms with Crippen molar-refractivity contribution in [2.45, 2.75) is 0 Å². The molecular formula is C19H18ClN5O. The Morgan fingerprint density at radius 1 is 1.12 bits per heavy atom. The Hall–Kier alpha value is -2.70. The molecule has 0 amide bonds. The third-order valence-electron chi connectivity index (χ3n) is 4.28. The van der Waals surface area contributed by atoms with Gasteiger partial charge in [0.25, 0.3) is 5.56 Å². The molecule has 0 radical (unpaired) electrons. The SMILES string of the molecule is CN(C)CCNc1nn2c(=O)c3cc(Cl)ccc3nc2c2ccccc12. The van der Waals surface area contributed by atoms with E-state index in [1.807, 2.05) is 38.4 Å². The van der Waals surface area contributed by atoms with Crippen molar-refractivity contribution in [1.82, 2.24) is 19.5 Å². The number of anilines is 1. The minimum absolute atomic E-state index is 0.228. The van der Waals surface area contributed by atoms with Crippen LogP contribution in [0.1, 0.15) is 0 Å². The van der Waals surface area contributed by atoms with Crippen LogP contribution in [-0.4, -0.2) is 46.7 Å². The first-order valence-corrected chi connectivity index (χ1v) is 8.72. The second-order valence-electron chi connectivity index (χ2n) is 6.44. The molecular weight excluding hydrogens is 350 g/mol. The Morgan fingerprint density at radius 3 is 2.65 bits per heavy atom. The highest BCUT2D eigenvalue weighted by Gasteiger charge is 2.13. The van der Waals surface area contributed by atoms with Gasteiger partial charge in [-0.05, 0) is 32.3 Å². The second kappa shape index (κ2) is 6.55. The van der Waals surface area contributed by atoms with Crippen molar-refractivity contribution >= 4 is 44.7 Å². The number of hydrogen-bond donors (Lipinski definition) is 1. The number of aromatic nitrogens is 3. The molecule has 0 bridgehead atoms. The molecule has 2 aromatic carbocycles. The Labute approximate surface area is 155 Å². The first-order valence-electron chi connectivity index (χ1n) is 8.34. The van der Waals surface area contributed by atoms with Gasteiger partial charge < -0.3 is 10.2 Å². The summed E-state index contributed by atoms with van der Waals surface area (Å²) in [5, 5.41) is 10.7. The van der Waals surface area contributed by atoms with E-state index >= 15 is 0 Å². The third-order valence-corrected chi connectivity index (χ3v) is 4.52. The largest absolute Gasteiger partial charge is 0.367 e. The van der Waals surface area contributed by atoms with Gasteiger partial charge in [0.15, 0.2) is 11.5 Å². The Morgan fingerprint density at radius 2 is 1.88 bits per heavy atom. The molecule has 2 aromatic heterocycles. The average molecular weight is 368 g/mol. The lowest BCUT2D eigenvalue weighted by molar-refractivity contribution is 0.425. The molecule has 0 saturated heterocycles. The van der Waals surface area contributed by atoms with E-state index in [9.17, 15) is 4.79 Å². The molecule has 0 unspecified atom stereocenters. The van der Waals surface area contributed by atoms with E-state index in [-0.39, 0.29) is 5.56 Å². The van der Waals surface area contributed by atoms with E-state index in [1.54, 1.807) is 18.2 Å². The molecule has 0 aliphatic rings. The molecule has 2 heterocycles. The smallest absolute Gasteiger partial charge is 0.282 e. The molecule has 7 heteroatoms. The number of fused-ring (bicyclic) bond motifs is 4. The van der Waals surface area contributed by atoms with Crippen molar-refractivity contribution in [2.24, 2.45) is 0 Å². The molecule has 4 aromatic rings. The fraction of sp³-hybridized carbons (Fsp3) is 0.211. The van der Waals surface area contributed by atoms with Gasteiger partial charge >= 0.3 is 0 Å². The van der Waals surface area contributed by atoms with Crippen LogP contribution >= 0.6 is 11.6 Å². The van der Waals surface area contributed by atoms with Crippen LogP contribution in [0.25, 0.3) is 27.3 Å². The topological polar surface area (TPSA) is 62.5 Å². The van der Waals surface area contributed by atoms with Crippen molar-refractivity contribution in [3.63, 3.8) is 0 Å². The van der Waals surface area contributed by atoms with Crippen molar-refractivity contribution in [2.75, 3.05) is 32.5 Å². The van der Waals surface area contributed by atoms with Gasteiger partial charge in [-0.1, -0.05) is 35.9 Å². The van der Waals surface area contributed by atoms with Crippen molar-refractivity contribution < 1.29 is 0 Å². The van der Waals surface area contributed by atoms with Crippen LogP contribution in [0.2, 0.25) is 5.02 Å². The predicted octanol–water partition coefficient (Wildman–Crippen LogP) is 3.02. The Kier molecular flexibility index (Phi) is 4.22. The highest BCUT2D eigenvalue weighted by Crippen LogP contribution is 2.25. The molecule has 1 N–H and O–H groups in total. The monoisotopic (exact) mass is 367 g/mol. The first-order chi connectivity index (χ1) is 12.5. The number of halogens is 1. The summed E-state index contributed by atoms with van der Waals surface area (Å²) in [6.45, 7) is 1.58. The van der Waals surface area contributed by atoms with E-state index in [0.29, 0.717) is 27.4 Å². The number of rotatable bonds is 4. The highest BCUT2D eigenvalue weighted by atomic mass is 35.5. The van der Waals surface area contributed by atoms with Crippen LogP contribution in [-0.2, 0) is 0 Å². The summed E-state index contributed by atoms with van der Waals surface area (Å²) in [6.07, 6.45) is 0. The minimum Gasteiger partial charge on any atom is -0.367 e. The van der Waals surface area contributed by atoms with Gasteiger partial charge in [-0.15, -0.1) is 5.10 Å². The number of likely N-dealkylation sites (N-methyl/N-ethyl adjacent to an activating group) is 1. The van der Waals surface area contributed by atoms with E-state index in [0.717, 1.165) is 23.9 Å². The molecule has 6 nitrogen and oxygen atoms in total. The summed E-state index contributed by atoms with van der Waals surface area (Å²) in [5.41, 5.74) is 0.923. The van der Waals surface area contributed by atoms with Crippen LogP contribution in [0.15, 0.2) is 47.3 Å². The third kappa shape index (κ3) is 2.87. The van der Waals surface area contributed by atoms with Gasteiger partial charge in [0.2, 0.25) is 0 Å². The van der Waals surface area contributed by atoms with Crippen molar-refractivity contribution in [1.29, 1.82) is 0 Å². The zero-order chi connectivity index (χ0) is 18.3. The zero-order valence-electron chi connectivity index (χ0n) is 14.5.